The van der Waals surface area contributed by atoms with Gasteiger partial charge < -0.3 is 4.74 Å². The zero-order valence-electron chi connectivity index (χ0n) is 11.2. The molecule has 0 saturated heterocycles. The molecular weight excluding hydrogens is 285 g/mol. The molecule has 4 nitrogen and oxygen atoms in total. The van der Waals surface area contributed by atoms with Crippen molar-refractivity contribution >= 4 is 5.78 Å². The lowest BCUT2D eigenvalue weighted by Gasteiger charge is -2.10. The van der Waals surface area contributed by atoms with Gasteiger partial charge in [0.2, 0.25) is 11.7 Å². The Morgan fingerprint density at radius 1 is 1.14 bits per heavy atom. The van der Waals surface area contributed by atoms with E-state index in [0.29, 0.717) is 0 Å². The molecule has 0 aliphatic heterocycles. The van der Waals surface area contributed by atoms with Crippen molar-refractivity contribution in [3.63, 3.8) is 0 Å². The van der Waals surface area contributed by atoms with Gasteiger partial charge in [-0.1, -0.05) is 6.07 Å². The molecule has 2 rings (SSSR count). The van der Waals surface area contributed by atoms with Gasteiger partial charge in [-0.25, -0.2) is 0 Å². The molecule has 2 aromatic rings. The second-order valence-electron chi connectivity index (χ2n) is 4.32. The van der Waals surface area contributed by atoms with Crippen molar-refractivity contribution in [1.29, 1.82) is 0 Å². The van der Waals surface area contributed by atoms with E-state index < -0.39 is 17.5 Å². The number of ether oxygens (including phenoxy) is 1. The molecule has 1 heterocycles. The molecule has 21 heavy (non-hydrogen) atoms. The summed E-state index contributed by atoms with van der Waals surface area (Å²) in [6.45, 7) is 1.44. The lowest BCUT2D eigenvalue weighted by molar-refractivity contribution is -0.137. The number of aromatic nitrogens is 2. The van der Waals surface area contributed by atoms with Crippen LogP contribution in [0.15, 0.2) is 30.3 Å². The van der Waals surface area contributed by atoms with E-state index in [9.17, 15) is 18.0 Å². The molecule has 0 amide bonds. The first-order valence-electron chi connectivity index (χ1n) is 5.93. The highest BCUT2D eigenvalue weighted by atomic mass is 19.4. The van der Waals surface area contributed by atoms with E-state index in [1.807, 2.05) is 0 Å². The Morgan fingerprint density at radius 2 is 1.86 bits per heavy atom. The summed E-state index contributed by atoms with van der Waals surface area (Å²) in [7, 11) is 1.41. The fourth-order valence-electron chi connectivity index (χ4n) is 1.78. The molecule has 7 heteroatoms. The first kappa shape index (κ1) is 15.0. The molecular formula is C14H11F3N2O2. The summed E-state index contributed by atoms with van der Waals surface area (Å²) < 4.78 is 42.6. The Labute approximate surface area is 118 Å². The monoisotopic (exact) mass is 296 g/mol. The average Bonchev–Trinajstić information content (AvgIpc) is 2.45. The second-order valence-corrected chi connectivity index (χ2v) is 4.32. The largest absolute Gasteiger partial charge is 0.480 e. The quantitative estimate of drug-likeness (QED) is 0.817. The standard InChI is InChI=1S/C14H11F3N2O2/c1-8-7-9(14(15,16)17)3-4-10(8)13(20)11-5-6-12(21-2)19-18-11/h3-7H,1-2H3. The first-order valence-corrected chi connectivity index (χ1v) is 5.93. The van der Waals surface area contributed by atoms with Gasteiger partial charge in [-0.3, -0.25) is 4.79 Å². The van der Waals surface area contributed by atoms with Gasteiger partial charge in [0.25, 0.3) is 0 Å². The maximum Gasteiger partial charge on any atom is 0.416 e. The molecule has 0 aliphatic carbocycles. The molecule has 110 valence electrons. The van der Waals surface area contributed by atoms with Crippen LogP contribution in [0.2, 0.25) is 0 Å². The number of aryl methyl sites for hydroxylation is 1. The Balaban J connectivity index is 2.35. The fourth-order valence-corrected chi connectivity index (χ4v) is 1.78. The number of nitrogens with zero attached hydrogens (tertiary/aromatic N) is 2. The smallest absolute Gasteiger partial charge is 0.416 e. The summed E-state index contributed by atoms with van der Waals surface area (Å²) in [6, 6.07) is 5.82. The summed E-state index contributed by atoms with van der Waals surface area (Å²) >= 11 is 0. The molecule has 0 N–H and O–H groups in total. The van der Waals surface area contributed by atoms with Crippen molar-refractivity contribution in [2.24, 2.45) is 0 Å². The minimum absolute atomic E-state index is 0.0404. The zero-order valence-corrected chi connectivity index (χ0v) is 11.2. The number of ketones is 1. The van der Waals surface area contributed by atoms with Gasteiger partial charge in [0, 0.05) is 11.6 Å². The van der Waals surface area contributed by atoms with E-state index in [1.165, 1.54) is 26.2 Å². The van der Waals surface area contributed by atoms with Crippen molar-refractivity contribution in [2.75, 3.05) is 7.11 Å². The zero-order chi connectivity index (χ0) is 15.6. The van der Waals surface area contributed by atoms with Crippen LogP contribution in [0, 0.1) is 6.92 Å². The van der Waals surface area contributed by atoms with E-state index in [-0.39, 0.29) is 22.7 Å². The summed E-state index contributed by atoms with van der Waals surface area (Å²) in [5.74, 6) is -0.243. The number of halogens is 3. The lowest BCUT2D eigenvalue weighted by Crippen LogP contribution is -2.10. The molecule has 0 unspecified atom stereocenters. The topological polar surface area (TPSA) is 52.1 Å². The Hall–Kier alpha value is -2.44. The van der Waals surface area contributed by atoms with Gasteiger partial charge in [-0.2, -0.15) is 13.2 Å². The number of methoxy groups -OCH3 is 1. The van der Waals surface area contributed by atoms with E-state index in [4.69, 9.17) is 4.74 Å². The predicted molar refractivity (Wildman–Crippen MR) is 68.2 cm³/mol. The van der Waals surface area contributed by atoms with Crippen molar-refractivity contribution in [2.45, 2.75) is 13.1 Å². The van der Waals surface area contributed by atoms with Crippen LogP contribution in [0.3, 0.4) is 0 Å². The number of alkyl halides is 3. The molecule has 0 bridgehead atoms. The van der Waals surface area contributed by atoms with Crippen LogP contribution < -0.4 is 4.74 Å². The van der Waals surface area contributed by atoms with Gasteiger partial charge >= 0.3 is 6.18 Å². The summed E-state index contributed by atoms with van der Waals surface area (Å²) in [6.07, 6.45) is -4.44. The Bertz CT molecular complexity index is 667. The highest BCUT2D eigenvalue weighted by molar-refractivity contribution is 6.08. The molecule has 0 aliphatic rings. The minimum atomic E-state index is -4.44. The van der Waals surface area contributed by atoms with Crippen molar-refractivity contribution in [1.82, 2.24) is 10.2 Å². The summed E-state index contributed by atoms with van der Waals surface area (Å²) in [4.78, 5) is 12.2. The van der Waals surface area contributed by atoms with Gasteiger partial charge in [-0.15, -0.1) is 10.2 Å². The number of hydrogen-bond donors (Lipinski definition) is 0. The van der Waals surface area contributed by atoms with Crippen LogP contribution in [0.4, 0.5) is 13.2 Å². The molecule has 0 fully saturated rings. The maximum absolute atomic E-state index is 12.6. The second kappa shape index (κ2) is 5.51. The first-order chi connectivity index (χ1) is 9.82. The number of benzene rings is 1. The molecule has 0 atom stereocenters. The number of carbonyl (C=O) groups is 1. The van der Waals surface area contributed by atoms with Crippen molar-refractivity contribution in [3.8, 4) is 5.88 Å². The van der Waals surface area contributed by atoms with Crippen LogP contribution in [0.5, 0.6) is 5.88 Å². The van der Waals surface area contributed by atoms with Crippen LogP contribution in [0.25, 0.3) is 0 Å². The minimum Gasteiger partial charge on any atom is -0.480 e. The molecule has 0 radical (unpaired) electrons. The van der Waals surface area contributed by atoms with E-state index in [2.05, 4.69) is 10.2 Å². The molecule has 0 spiro atoms. The SMILES string of the molecule is COc1ccc(C(=O)c2ccc(C(F)(F)F)cc2C)nn1. The number of rotatable bonds is 3. The van der Waals surface area contributed by atoms with Gasteiger partial charge in [0.05, 0.1) is 12.7 Å². The van der Waals surface area contributed by atoms with E-state index in [1.54, 1.807) is 0 Å². The Kier molecular flexibility index (Phi) is 3.93. The average molecular weight is 296 g/mol. The summed E-state index contributed by atoms with van der Waals surface area (Å²) in [5.41, 5.74) is -0.370. The third-order valence-corrected chi connectivity index (χ3v) is 2.88. The third-order valence-electron chi connectivity index (χ3n) is 2.88. The highest BCUT2D eigenvalue weighted by Crippen LogP contribution is 2.30. The fraction of sp³-hybridized carbons (Fsp3) is 0.214. The van der Waals surface area contributed by atoms with Crippen LogP contribution >= 0.6 is 0 Å². The van der Waals surface area contributed by atoms with Gasteiger partial charge in [0.1, 0.15) is 5.69 Å². The van der Waals surface area contributed by atoms with Crippen LogP contribution in [-0.2, 0) is 6.18 Å². The lowest BCUT2D eigenvalue weighted by atomic mass is 10.00. The van der Waals surface area contributed by atoms with E-state index >= 15 is 0 Å². The van der Waals surface area contributed by atoms with Crippen molar-refractivity contribution in [3.05, 3.63) is 52.7 Å². The van der Waals surface area contributed by atoms with E-state index in [0.717, 1.165) is 18.2 Å². The molecule has 1 aromatic carbocycles. The predicted octanol–water partition coefficient (Wildman–Crippen LogP) is 3.04. The molecule has 0 saturated carbocycles. The maximum atomic E-state index is 12.6. The van der Waals surface area contributed by atoms with Crippen LogP contribution in [0.1, 0.15) is 27.2 Å². The Morgan fingerprint density at radius 3 is 2.33 bits per heavy atom. The highest BCUT2D eigenvalue weighted by Gasteiger charge is 2.31. The van der Waals surface area contributed by atoms with Gasteiger partial charge in [-0.05, 0) is 30.7 Å². The van der Waals surface area contributed by atoms with Crippen LogP contribution in [-0.4, -0.2) is 23.1 Å². The van der Waals surface area contributed by atoms with Gasteiger partial charge in [0.15, 0.2) is 0 Å². The number of hydrogen-bond acceptors (Lipinski definition) is 4. The third kappa shape index (κ3) is 3.18. The number of carbonyl (C=O) groups excluding carboxylic acids is 1. The molecule has 1 aromatic heterocycles. The summed E-state index contributed by atoms with van der Waals surface area (Å²) in [5, 5.41) is 7.35. The normalized spacial score (nSPS) is 11.3. The van der Waals surface area contributed by atoms with Crippen molar-refractivity contribution < 1.29 is 22.7 Å².